The van der Waals surface area contributed by atoms with Crippen molar-refractivity contribution in [2.24, 2.45) is 5.73 Å². The maximum absolute atomic E-state index is 5.95. The molecule has 3 nitrogen and oxygen atoms in total. The molecule has 2 rings (SSSR count). The maximum atomic E-state index is 5.95. The van der Waals surface area contributed by atoms with Crippen LogP contribution >= 0.6 is 11.6 Å². The lowest BCUT2D eigenvalue weighted by atomic mass is 10.1. The van der Waals surface area contributed by atoms with Gasteiger partial charge in [-0.2, -0.15) is 0 Å². The van der Waals surface area contributed by atoms with Gasteiger partial charge >= 0.3 is 0 Å². The smallest absolute Gasteiger partial charge is 0.130 e. The second-order valence-electron chi connectivity index (χ2n) is 3.62. The van der Waals surface area contributed by atoms with Crippen molar-refractivity contribution in [2.45, 2.75) is 6.54 Å². The van der Waals surface area contributed by atoms with Gasteiger partial charge in [0.05, 0.1) is 12.8 Å². The summed E-state index contributed by atoms with van der Waals surface area (Å²) in [7, 11) is 1.64. The van der Waals surface area contributed by atoms with Crippen LogP contribution in [0.3, 0.4) is 0 Å². The molecule has 0 saturated heterocycles. The summed E-state index contributed by atoms with van der Waals surface area (Å²) in [5.41, 5.74) is 8.38. The first-order valence-electron chi connectivity index (χ1n) is 5.24. The van der Waals surface area contributed by atoms with Crippen molar-refractivity contribution in [2.75, 3.05) is 7.11 Å². The van der Waals surface area contributed by atoms with Crippen LogP contribution in [-0.2, 0) is 6.54 Å². The van der Waals surface area contributed by atoms with Crippen molar-refractivity contribution in [1.82, 2.24) is 4.98 Å². The Kier molecular flexibility index (Phi) is 3.61. The number of nitrogens with two attached hydrogens (primary N) is 1. The van der Waals surface area contributed by atoms with Gasteiger partial charge in [-0.1, -0.05) is 11.6 Å². The van der Waals surface area contributed by atoms with Gasteiger partial charge in [0.2, 0.25) is 0 Å². The van der Waals surface area contributed by atoms with Gasteiger partial charge in [-0.05, 0) is 42.0 Å². The third kappa shape index (κ3) is 2.75. The Morgan fingerprint density at radius 3 is 2.53 bits per heavy atom. The van der Waals surface area contributed by atoms with Crippen molar-refractivity contribution >= 4 is 11.6 Å². The summed E-state index contributed by atoms with van der Waals surface area (Å²) in [4.78, 5) is 4.28. The van der Waals surface area contributed by atoms with E-state index in [0.717, 1.165) is 22.6 Å². The fourth-order valence-corrected chi connectivity index (χ4v) is 1.81. The Morgan fingerprint density at radius 1 is 1.24 bits per heavy atom. The van der Waals surface area contributed by atoms with E-state index in [-0.39, 0.29) is 0 Å². The van der Waals surface area contributed by atoms with Crippen LogP contribution in [0, 0.1) is 0 Å². The van der Waals surface area contributed by atoms with Crippen molar-refractivity contribution in [3.8, 4) is 17.0 Å². The largest absolute Gasteiger partial charge is 0.497 e. The van der Waals surface area contributed by atoms with E-state index in [1.807, 2.05) is 30.3 Å². The minimum Gasteiger partial charge on any atom is -0.497 e. The predicted octanol–water partition coefficient (Wildman–Crippen LogP) is 2.87. The zero-order valence-corrected chi connectivity index (χ0v) is 10.2. The molecule has 0 aliphatic heterocycles. The van der Waals surface area contributed by atoms with Crippen molar-refractivity contribution in [3.63, 3.8) is 0 Å². The highest BCUT2D eigenvalue weighted by Gasteiger charge is 2.03. The monoisotopic (exact) mass is 248 g/mol. The molecule has 0 spiro atoms. The molecule has 1 aromatic carbocycles. The van der Waals surface area contributed by atoms with Gasteiger partial charge < -0.3 is 10.5 Å². The lowest BCUT2D eigenvalue weighted by Crippen LogP contribution is -1.98. The molecule has 0 radical (unpaired) electrons. The highest BCUT2D eigenvalue weighted by atomic mass is 35.5. The van der Waals surface area contributed by atoms with E-state index in [9.17, 15) is 0 Å². The second-order valence-corrected chi connectivity index (χ2v) is 4.00. The zero-order valence-electron chi connectivity index (χ0n) is 9.48. The van der Waals surface area contributed by atoms with Crippen LogP contribution in [0.2, 0.25) is 5.15 Å². The fourth-order valence-electron chi connectivity index (χ4n) is 1.58. The number of hydrogen-bond acceptors (Lipinski definition) is 3. The van der Waals surface area contributed by atoms with Crippen molar-refractivity contribution in [1.29, 1.82) is 0 Å². The van der Waals surface area contributed by atoms with Crippen molar-refractivity contribution in [3.05, 3.63) is 47.1 Å². The number of rotatable bonds is 3. The van der Waals surface area contributed by atoms with Crippen LogP contribution in [0.1, 0.15) is 5.56 Å². The molecular formula is C13H13ClN2O. The summed E-state index contributed by atoms with van der Waals surface area (Å²) < 4.78 is 5.11. The second kappa shape index (κ2) is 5.17. The summed E-state index contributed by atoms with van der Waals surface area (Å²) in [6.07, 6.45) is 0. The Hall–Kier alpha value is -1.58. The Labute approximate surface area is 105 Å². The molecule has 0 aliphatic rings. The van der Waals surface area contributed by atoms with Gasteiger partial charge in [-0.25, -0.2) is 4.98 Å². The normalized spacial score (nSPS) is 10.3. The van der Waals surface area contributed by atoms with E-state index in [1.54, 1.807) is 13.2 Å². The van der Waals surface area contributed by atoms with Gasteiger partial charge in [0.15, 0.2) is 0 Å². The molecule has 88 valence electrons. The molecule has 4 heteroatoms. The highest BCUT2D eigenvalue weighted by Crippen LogP contribution is 2.23. The Balaban J connectivity index is 2.41. The van der Waals surface area contributed by atoms with E-state index in [0.29, 0.717) is 11.7 Å². The molecule has 0 aliphatic carbocycles. The number of pyridine rings is 1. The van der Waals surface area contributed by atoms with Crippen LogP contribution in [-0.4, -0.2) is 12.1 Å². The molecule has 2 N–H and O–H groups in total. The maximum Gasteiger partial charge on any atom is 0.130 e. The van der Waals surface area contributed by atoms with E-state index < -0.39 is 0 Å². The first kappa shape index (κ1) is 11.9. The van der Waals surface area contributed by atoms with E-state index in [1.165, 1.54) is 0 Å². The first-order valence-corrected chi connectivity index (χ1v) is 5.61. The van der Waals surface area contributed by atoms with Gasteiger partial charge in [-0.3, -0.25) is 0 Å². The van der Waals surface area contributed by atoms with E-state index in [4.69, 9.17) is 22.1 Å². The summed E-state index contributed by atoms with van der Waals surface area (Å²) in [6, 6.07) is 11.4. The first-order chi connectivity index (χ1) is 8.22. The van der Waals surface area contributed by atoms with Crippen LogP contribution in [0.15, 0.2) is 36.4 Å². The summed E-state index contributed by atoms with van der Waals surface area (Å²) in [5, 5.41) is 0.457. The van der Waals surface area contributed by atoms with E-state index >= 15 is 0 Å². The number of benzene rings is 1. The lowest BCUT2D eigenvalue weighted by Gasteiger charge is -2.05. The minimum absolute atomic E-state index is 0.450. The standard InChI is InChI=1S/C13H13ClN2O/c1-17-11-4-2-10(3-5-11)12-6-9(8-15)7-13(14)16-12/h2-7H,8,15H2,1H3. The summed E-state index contributed by atoms with van der Waals surface area (Å²) in [6.45, 7) is 0.450. The zero-order chi connectivity index (χ0) is 12.3. The SMILES string of the molecule is COc1ccc(-c2cc(CN)cc(Cl)n2)cc1. The predicted molar refractivity (Wildman–Crippen MR) is 69.1 cm³/mol. The molecule has 2 aromatic rings. The van der Waals surface area contributed by atoms with Crippen molar-refractivity contribution < 1.29 is 4.74 Å². The molecule has 0 saturated carbocycles. The van der Waals surface area contributed by atoms with Gasteiger partial charge in [0.1, 0.15) is 10.9 Å². The fraction of sp³-hybridized carbons (Fsp3) is 0.154. The van der Waals surface area contributed by atoms with Crippen LogP contribution in [0.25, 0.3) is 11.3 Å². The number of methoxy groups -OCH3 is 1. The highest BCUT2D eigenvalue weighted by molar-refractivity contribution is 6.29. The molecule has 0 amide bonds. The van der Waals surface area contributed by atoms with Crippen LogP contribution in [0.5, 0.6) is 5.75 Å². The third-order valence-corrected chi connectivity index (χ3v) is 2.67. The van der Waals surface area contributed by atoms with Gasteiger partial charge in [0, 0.05) is 12.1 Å². The van der Waals surface area contributed by atoms with Crippen LogP contribution < -0.4 is 10.5 Å². The Bertz CT molecular complexity index is 511. The molecule has 1 aromatic heterocycles. The molecule has 0 atom stereocenters. The molecule has 1 heterocycles. The number of aromatic nitrogens is 1. The number of halogens is 1. The van der Waals surface area contributed by atoms with Gasteiger partial charge in [0.25, 0.3) is 0 Å². The number of ether oxygens (including phenoxy) is 1. The molecule has 17 heavy (non-hydrogen) atoms. The van der Waals surface area contributed by atoms with Crippen LogP contribution in [0.4, 0.5) is 0 Å². The topological polar surface area (TPSA) is 48.1 Å². The van der Waals surface area contributed by atoms with E-state index in [2.05, 4.69) is 4.98 Å². The Morgan fingerprint density at radius 2 is 1.94 bits per heavy atom. The molecule has 0 fully saturated rings. The number of hydrogen-bond donors (Lipinski definition) is 1. The molecule has 0 unspecified atom stereocenters. The summed E-state index contributed by atoms with van der Waals surface area (Å²) in [5.74, 6) is 0.815. The average molecular weight is 249 g/mol. The number of nitrogens with zero attached hydrogens (tertiary/aromatic N) is 1. The third-order valence-electron chi connectivity index (χ3n) is 2.48. The molecule has 0 bridgehead atoms. The molecular weight excluding hydrogens is 236 g/mol. The average Bonchev–Trinajstić information content (AvgIpc) is 2.38. The van der Waals surface area contributed by atoms with Gasteiger partial charge in [-0.15, -0.1) is 0 Å². The quantitative estimate of drug-likeness (QED) is 0.850. The summed E-state index contributed by atoms with van der Waals surface area (Å²) >= 11 is 5.95. The lowest BCUT2D eigenvalue weighted by molar-refractivity contribution is 0.415. The minimum atomic E-state index is 0.450.